The molecule has 196 valence electrons. The summed E-state index contributed by atoms with van der Waals surface area (Å²) in [6.07, 6.45) is 3.42. The molecule has 3 heterocycles. The molecule has 3 atom stereocenters. The Morgan fingerprint density at radius 1 is 1.14 bits per heavy atom. The van der Waals surface area contributed by atoms with E-state index in [0.29, 0.717) is 17.6 Å². The van der Waals surface area contributed by atoms with Crippen LogP contribution >= 0.6 is 0 Å². The lowest BCUT2D eigenvalue weighted by Crippen LogP contribution is -2.50. The van der Waals surface area contributed by atoms with Gasteiger partial charge >= 0.3 is 0 Å². The first-order chi connectivity index (χ1) is 17.6. The second kappa shape index (κ2) is 9.70. The van der Waals surface area contributed by atoms with E-state index in [1.54, 1.807) is 4.68 Å². The number of amides is 2. The van der Waals surface area contributed by atoms with E-state index in [1.807, 2.05) is 68.9 Å². The summed E-state index contributed by atoms with van der Waals surface area (Å²) < 4.78 is 3.46. The van der Waals surface area contributed by atoms with Crippen LogP contribution in [0, 0.1) is 5.41 Å². The second-order valence-corrected chi connectivity index (χ2v) is 11.1. The van der Waals surface area contributed by atoms with Gasteiger partial charge in [-0.2, -0.15) is 0 Å². The number of carbonyl (C=O) groups is 2. The van der Waals surface area contributed by atoms with Crippen LogP contribution in [0.1, 0.15) is 63.5 Å². The zero-order chi connectivity index (χ0) is 26.3. The number of rotatable bonds is 7. The number of carbonyl (C=O) groups excluding carboxylic acids is 2. The number of hydrogen-bond donors (Lipinski definition) is 2. The van der Waals surface area contributed by atoms with E-state index in [1.165, 1.54) is 4.90 Å². The Morgan fingerprint density at radius 3 is 2.54 bits per heavy atom. The van der Waals surface area contributed by atoms with Gasteiger partial charge in [0.1, 0.15) is 12.1 Å². The van der Waals surface area contributed by atoms with Gasteiger partial charge in [0.2, 0.25) is 11.8 Å². The number of β-amino-alcohol motifs (C(OH)–C–C–N with tert-alkyl or cyclic N) is 1. The van der Waals surface area contributed by atoms with Gasteiger partial charge in [0.15, 0.2) is 11.6 Å². The summed E-state index contributed by atoms with van der Waals surface area (Å²) in [4.78, 5) is 28.6. The number of nitrogens with zero attached hydrogens (tertiary/aromatic N) is 7. The normalized spacial score (nSPS) is 20.7. The molecule has 0 spiro atoms. The molecule has 11 nitrogen and oxygen atoms in total. The number of aliphatic hydroxyl groups is 1. The van der Waals surface area contributed by atoms with Crippen LogP contribution in [0.15, 0.2) is 36.5 Å². The minimum Gasteiger partial charge on any atom is -0.391 e. The summed E-state index contributed by atoms with van der Waals surface area (Å²) in [6, 6.07) is 8.25. The fraction of sp³-hybridized carbons (Fsp3) is 0.538. The molecule has 2 aromatic heterocycles. The highest BCUT2D eigenvalue weighted by atomic mass is 16.3. The van der Waals surface area contributed by atoms with Crippen molar-refractivity contribution < 1.29 is 14.7 Å². The summed E-state index contributed by atoms with van der Waals surface area (Å²) in [6.45, 7) is 6.15. The molecule has 3 aromatic rings. The fourth-order valence-corrected chi connectivity index (χ4v) is 4.96. The van der Waals surface area contributed by atoms with Crippen LogP contribution in [-0.4, -0.2) is 70.3 Å². The van der Waals surface area contributed by atoms with E-state index in [9.17, 15) is 14.7 Å². The Bertz CT molecular complexity index is 1270. The molecule has 1 saturated carbocycles. The van der Waals surface area contributed by atoms with Crippen LogP contribution in [0.5, 0.6) is 0 Å². The molecular formula is C26H34N8O3. The van der Waals surface area contributed by atoms with E-state index in [0.717, 1.165) is 24.1 Å². The van der Waals surface area contributed by atoms with E-state index in [4.69, 9.17) is 0 Å². The summed E-state index contributed by atoms with van der Waals surface area (Å²) in [5.41, 5.74) is 1.35. The average molecular weight is 507 g/mol. The third-order valence-corrected chi connectivity index (χ3v) is 7.12. The lowest BCUT2D eigenvalue weighted by molar-refractivity contribution is -0.144. The van der Waals surface area contributed by atoms with Crippen molar-refractivity contribution in [1.82, 2.24) is 40.0 Å². The van der Waals surface area contributed by atoms with Crippen LogP contribution in [0.3, 0.4) is 0 Å². The number of nitrogens with one attached hydrogen (secondary N) is 1. The SMILES string of the molecule is Cn1c(CNC(=O)[C@@H]2C[C@@H](O)CN2C(=O)[C@@H](n2cc(C3CC3)nn2)C(C)(C)C)nnc1-c1ccccc1. The van der Waals surface area contributed by atoms with Crippen molar-refractivity contribution in [2.45, 2.75) is 70.7 Å². The third kappa shape index (κ3) is 5.13. The van der Waals surface area contributed by atoms with Gasteiger partial charge in [0.05, 0.1) is 18.3 Å². The van der Waals surface area contributed by atoms with Crippen LogP contribution in [0.2, 0.25) is 0 Å². The number of aromatic nitrogens is 6. The molecule has 2 aliphatic rings. The number of hydrogen-bond acceptors (Lipinski definition) is 7. The monoisotopic (exact) mass is 506 g/mol. The third-order valence-electron chi connectivity index (χ3n) is 7.12. The van der Waals surface area contributed by atoms with E-state index < -0.39 is 23.6 Å². The summed E-state index contributed by atoms with van der Waals surface area (Å²) in [7, 11) is 1.85. The Morgan fingerprint density at radius 2 is 1.86 bits per heavy atom. The van der Waals surface area contributed by atoms with Gasteiger partial charge in [-0.15, -0.1) is 15.3 Å². The Hall–Kier alpha value is -3.60. The van der Waals surface area contributed by atoms with Gasteiger partial charge in [-0.25, -0.2) is 4.68 Å². The first-order valence-corrected chi connectivity index (χ1v) is 12.7. The van der Waals surface area contributed by atoms with Crippen LogP contribution in [0.25, 0.3) is 11.4 Å². The van der Waals surface area contributed by atoms with Crippen LogP contribution < -0.4 is 5.32 Å². The number of benzene rings is 1. The first-order valence-electron chi connectivity index (χ1n) is 12.7. The minimum absolute atomic E-state index is 0.0931. The highest BCUT2D eigenvalue weighted by Crippen LogP contribution is 2.40. The molecule has 37 heavy (non-hydrogen) atoms. The molecule has 2 N–H and O–H groups in total. The Kier molecular flexibility index (Phi) is 6.57. The maximum Gasteiger partial charge on any atom is 0.248 e. The van der Waals surface area contributed by atoms with Crippen molar-refractivity contribution in [3.8, 4) is 11.4 Å². The highest BCUT2D eigenvalue weighted by Gasteiger charge is 2.45. The topological polar surface area (TPSA) is 131 Å². The lowest BCUT2D eigenvalue weighted by atomic mass is 9.85. The molecule has 1 aliphatic carbocycles. The maximum atomic E-state index is 13.9. The van der Waals surface area contributed by atoms with Gasteiger partial charge in [-0.1, -0.05) is 56.3 Å². The van der Waals surface area contributed by atoms with E-state index in [2.05, 4.69) is 25.8 Å². The summed E-state index contributed by atoms with van der Waals surface area (Å²) in [5.74, 6) is 1.12. The van der Waals surface area contributed by atoms with Crippen molar-refractivity contribution >= 4 is 11.8 Å². The molecule has 5 rings (SSSR count). The molecule has 0 bridgehead atoms. The first kappa shape index (κ1) is 25.1. The highest BCUT2D eigenvalue weighted by molar-refractivity contribution is 5.90. The van der Waals surface area contributed by atoms with Crippen LogP contribution in [0.4, 0.5) is 0 Å². The van der Waals surface area contributed by atoms with Crippen molar-refractivity contribution in [2.24, 2.45) is 12.5 Å². The molecule has 1 aromatic carbocycles. The van der Waals surface area contributed by atoms with E-state index >= 15 is 0 Å². The zero-order valence-corrected chi connectivity index (χ0v) is 21.7. The largest absolute Gasteiger partial charge is 0.391 e. The second-order valence-electron chi connectivity index (χ2n) is 11.1. The zero-order valence-electron chi connectivity index (χ0n) is 21.7. The Balaban J connectivity index is 1.31. The number of likely N-dealkylation sites (tertiary alicyclic amines) is 1. The summed E-state index contributed by atoms with van der Waals surface area (Å²) >= 11 is 0. The Labute approximate surface area is 215 Å². The smallest absolute Gasteiger partial charge is 0.248 e. The predicted molar refractivity (Wildman–Crippen MR) is 135 cm³/mol. The standard InChI is InChI=1S/C26H34N8O3/c1-26(2,3)22(34-15-19(28-31-34)16-10-11-16)25(37)33-14-18(35)12-20(33)24(36)27-13-21-29-30-23(32(21)4)17-8-6-5-7-9-17/h5-9,15-16,18,20,22,35H,10-14H2,1-4H3,(H,27,36)/t18-,20+,22-/m1/s1. The molecule has 2 amide bonds. The summed E-state index contributed by atoms with van der Waals surface area (Å²) in [5, 5.41) is 30.4. The molecule has 0 radical (unpaired) electrons. The minimum atomic E-state index is -0.791. The van der Waals surface area contributed by atoms with Gasteiger partial charge in [-0.3, -0.25) is 9.59 Å². The van der Waals surface area contributed by atoms with Gasteiger partial charge < -0.3 is 19.9 Å². The lowest BCUT2D eigenvalue weighted by Gasteiger charge is -2.34. The van der Waals surface area contributed by atoms with Crippen molar-refractivity contribution in [3.63, 3.8) is 0 Å². The van der Waals surface area contributed by atoms with Gasteiger partial charge in [0.25, 0.3) is 0 Å². The number of aliphatic hydroxyl groups excluding tert-OH is 1. The predicted octanol–water partition coefficient (Wildman–Crippen LogP) is 1.82. The molecule has 11 heteroatoms. The fourth-order valence-electron chi connectivity index (χ4n) is 4.96. The van der Waals surface area contributed by atoms with Crippen molar-refractivity contribution in [3.05, 3.63) is 48.0 Å². The molecule has 1 saturated heterocycles. The van der Waals surface area contributed by atoms with Gasteiger partial charge in [0, 0.05) is 37.7 Å². The molecule has 2 fully saturated rings. The van der Waals surface area contributed by atoms with E-state index in [-0.39, 0.29) is 31.3 Å². The van der Waals surface area contributed by atoms with Crippen LogP contribution in [-0.2, 0) is 23.2 Å². The maximum absolute atomic E-state index is 13.9. The molecule has 1 aliphatic heterocycles. The van der Waals surface area contributed by atoms with Crippen molar-refractivity contribution in [2.75, 3.05) is 6.54 Å². The molecular weight excluding hydrogens is 472 g/mol. The van der Waals surface area contributed by atoms with Crippen molar-refractivity contribution in [1.29, 1.82) is 0 Å². The van der Waals surface area contributed by atoms with Gasteiger partial charge in [-0.05, 0) is 18.3 Å². The quantitative estimate of drug-likeness (QED) is 0.500. The molecule has 0 unspecified atom stereocenters. The average Bonchev–Trinajstić information content (AvgIpc) is 3.28.